The molecule has 2 aromatic rings. The van der Waals surface area contributed by atoms with Gasteiger partial charge >= 0.3 is 0 Å². The van der Waals surface area contributed by atoms with Crippen LogP contribution in [0.3, 0.4) is 0 Å². The van der Waals surface area contributed by atoms with Crippen molar-refractivity contribution in [3.05, 3.63) is 47.5 Å². The molecule has 0 unspecified atom stereocenters. The Bertz CT molecular complexity index is 554. The van der Waals surface area contributed by atoms with Gasteiger partial charge in [-0.2, -0.15) is 5.10 Å². The van der Waals surface area contributed by atoms with E-state index in [1.807, 2.05) is 39.4 Å². The standard InChI is InChI=1S/C14H15N3.C2H6/c1-11(2)13-5-7-14(15-9-13)6-4-12-8-16-17(3)10-12;1-2/h5,7-11H,1-3H3;1-2H3. The van der Waals surface area contributed by atoms with Crippen molar-refractivity contribution in [3.8, 4) is 11.8 Å². The predicted octanol–water partition coefficient (Wildman–Crippen LogP) is 3.36. The Morgan fingerprint density at radius 1 is 1.11 bits per heavy atom. The number of nitrogens with zero attached hydrogens (tertiary/aromatic N) is 3. The molecule has 19 heavy (non-hydrogen) atoms. The van der Waals surface area contributed by atoms with Crippen LogP contribution < -0.4 is 0 Å². The highest BCUT2D eigenvalue weighted by Gasteiger charge is 1.98. The zero-order valence-electron chi connectivity index (χ0n) is 12.3. The first-order chi connectivity index (χ1) is 9.15. The summed E-state index contributed by atoms with van der Waals surface area (Å²) in [5.74, 6) is 6.56. The molecule has 0 fully saturated rings. The molecule has 0 bridgehead atoms. The minimum absolute atomic E-state index is 0.503. The molecular formula is C16H21N3. The minimum atomic E-state index is 0.503. The highest BCUT2D eigenvalue weighted by Crippen LogP contribution is 2.12. The summed E-state index contributed by atoms with van der Waals surface area (Å²) in [6.07, 6.45) is 5.52. The summed E-state index contributed by atoms with van der Waals surface area (Å²) in [6, 6.07) is 4.03. The average molecular weight is 255 g/mol. The Labute approximate surface area is 115 Å². The zero-order chi connectivity index (χ0) is 14.3. The smallest absolute Gasteiger partial charge is 0.113 e. The molecule has 0 radical (unpaired) electrons. The van der Waals surface area contributed by atoms with Gasteiger partial charge in [-0.05, 0) is 23.5 Å². The molecule has 0 saturated heterocycles. The van der Waals surface area contributed by atoms with Crippen molar-refractivity contribution in [1.29, 1.82) is 0 Å². The monoisotopic (exact) mass is 255 g/mol. The molecule has 0 aliphatic carbocycles. The van der Waals surface area contributed by atoms with Crippen LogP contribution in [0.4, 0.5) is 0 Å². The molecular weight excluding hydrogens is 234 g/mol. The highest BCUT2D eigenvalue weighted by atomic mass is 15.2. The second-order valence-corrected chi connectivity index (χ2v) is 4.28. The molecule has 0 N–H and O–H groups in total. The van der Waals surface area contributed by atoms with Crippen LogP contribution in [0.25, 0.3) is 0 Å². The van der Waals surface area contributed by atoms with Crippen LogP contribution in [-0.4, -0.2) is 14.8 Å². The van der Waals surface area contributed by atoms with E-state index in [0.29, 0.717) is 5.92 Å². The highest BCUT2D eigenvalue weighted by molar-refractivity contribution is 5.38. The second kappa shape index (κ2) is 7.38. The SMILES string of the molecule is CC.CC(C)c1ccc(C#Cc2cnn(C)c2)nc1. The molecule has 2 rings (SSSR count). The van der Waals surface area contributed by atoms with Crippen LogP contribution in [0.15, 0.2) is 30.7 Å². The summed E-state index contributed by atoms with van der Waals surface area (Å²) in [4.78, 5) is 4.32. The fourth-order valence-electron chi connectivity index (χ4n) is 1.44. The van der Waals surface area contributed by atoms with Crippen molar-refractivity contribution in [2.45, 2.75) is 33.6 Å². The lowest BCUT2D eigenvalue weighted by molar-refractivity contribution is 0.767. The van der Waals surface area contributed by atoms with Crippen LogP contribution in [-0.2, 0) is 7.05 Å². The summed E-state index contributed by atoms with van der Waals surface area (Å²) in [7, 11) is 1.88. The first kappa shape index (κ1) is 15.0. The van der Waals surface area contributed by atoms with E-state index in [4.69, 9.17) is 0 Å². The van der Waals surface area contributed by atoms with Crippen molar-refractivity contribution in [1.82, 2.24) is 14.8 Å². The number of pyridine rings is 1. The van der Waals surface area contributed by atoms with Crippen LogP contribution in [0.5, 0.6) is 0 Å². The van der Waals surface area contributed by atoms with Gasteiger partial charge in [0.1, 0.15) is 5.69 Å². The normalized spacial score (nSPS) is 9.37. The third-order valence-electron chi connectivity index (χ3n) is 2.49. The predicted molar refractivity (Wildman–Crippen MR) is 78.9 cm³/mol. The topological polar surface area (TPSA) is 30.7 Å². The van der Waals surface area contributed by atoms with E-state index in [1.54, 1.807) is 10.9 Å². The van der Waals surface area contributed by atoms with E-state index in [9.17, 15) is 0 Å². The van der Waals surface area contributed by atoms with Gasteiger partial charge < -0.3 is 0 Å². The molecule has 0 saturated carbocycles. The molecule has 2 aromatic heterocycles. The Kier molecular flexibility index (Phi) is 5.81. The van der Waals surface area contributed by atoms with Gasteiger partial charge in [0.25, 0.3) is 0 Å². The quantitative estimate of drug-likeness (QED) is 0.731. The van der Waals surface area contributed by atoms with Gasteiger partial charge in [-0.3, -0.25) is 4.68 Å². The Morgan fingerprint density at radius 3 is 2.32 bits per heavy atom. The van der Waals surface area contributed by atoms with Gasteiger partial charge in [0.15, 0.2) is 0 Å². The maximum atomic E-state index is 4.32. The maximum absolute atomic E-state index is 4.32. The van der Waals surface area contributed by atoms with Crippen LogP contribution in [0.1, 0.15) is 50.4 Å². The molecule has 0 aliphatic rings. The fourth-order valence-corrected chi connectivity index (χ4v) is 1.44. The van der Waals surface area contributed by atoms with Gasteiger partial charge in [-0.15, -0.1) is 0 Å². The summed E-state index contributed by atoms with van der Waals surface area (Å²) < 4.78 is 1.74. The number of aromatic nitrogens is 3. The van der Waals surface area contributed by atoms with Crippen LogP contribution in [0, 0.1) is 11.8 Å². The molecule has 0 spiro atoms. The number of hydrogen-bond acceptors (Lipinski definition) is 2. The molecule has 0 atom stereocenters. The first-order valence-electron chi connectivity index (χ1n) is 6.62. The zero-order valence-corrected chi connectivity index (χ0v) is 12.3. The molecule has 100 valence electrons. The lowest BCUT2D eigenvalue weighted by Gasteiger charge is -2.02. The van der Waals surface area contributed by atoms with E-state index in [2.05, 4.69) is 41.8 Å². The number of aryl methyl sites for hydroxylation is 1. The van der Waals surface area contributed by atoms with E-state index in [1.165, 1.54) is 5.56 Å². The minimum Gasteiger partial charge on any atom is -0.275 e. The van der Waals surface area contributed by atoms with Gasteiger partial charge in [0.05, 0.1) is 11.8 Å². The Hall–Kier alpha value is -2.08. The van der Waals surface area contributed by atoms with E-state index >= 15 is 0 Å². The molecule has 3 nitrogen and oxygen atoms in total. The Balaban J connectivity index is 0.000000861. The van der Waals surface area contributed by atoms with Crippen LogP contribution >= 0.6 is 0 Å². The van der Waals surface area contributed by atoms with E-state index in [-0.39, 0.29) is 0 Å². The molecule has 2 heterocycles. The summed E-state index contributed by atoms with van der Waals surface area (Å²) in [6.45, 7) is 8.30. The molecule has 0 amide bonds. The van der Waals surface area contributed by atoms with Crippen molar-refractivity contribution < 1.29 is 0 Å². The van der Waals surface area contributed by atoms with Crippen molar-refractivity contribution >= 4 is 0 Å². The molecule has 0 aromatic carbocycles. The average Bonchev–Trinajstić information content (AvgIpc) is 2.85. The molecule has 3 heteroatoms. The largest absolute Gasteiger partial charge is 0.275 e. The van der Waals surface area contributed by atoms with Gasteiger partial charge in [-0.25, -0.2) is 4.98 Å². The van der Waals surface area contributed by atoms with Crippen LogP contribution in [0.2, 0.25) is 0 Å². The van der Waals surface area contributed by atoms with Crippen molar-refractivity contribution in [3.63, 3.8) is 0 Å². The second-order valence-electron chi connectivity index (χ2n) is 4.28. The summed E-state index contributed by atoms with van der Waals surface area (Å²) in [5, 5.41) is 4.06. The van der Waals surface area contributed by atoms with Crippen molar-refractivity contribution in [2.24, 2.45) is 7.05 Å². The lowest BCUT2D eigenvalue weighted by atomic mass is 10.1. The van der Waals surface area contributed by atoms with Crippen molar-refractivity contribution in [2.75, 3.05) is 0 Å². The van der Waals surface area contributed by atoms with E-state index < -0.39 is 0 Å². The number of hydrogen-bond donors (Lipinski definition) is 0. The Morgan fingerprint density at radius 2 is 1.84 bits per heavy atom. The van der Waals surface area contributed by atoms with Gasteiger partial charge in [0.2, 0.25) is 0 Å². The summed E-state index contributed by atoms with van der Waals surface area (Å²) in [5.41, 5.74) is 2.93. The fraction of sp³-hybridized carbons (Fsp3) is 0.375. The van der Waals surface area contributed by atoms with E-state index in [0.717, 1.165) is 11.3 Å². The van der Waals surface area contributed by atoms with Gasteiger partial charge in [-0.1, -0.05) is 39.7 Å². The molecule has 0 aliphatic heterocycles. The van der Waals surface area contributed by atoms with Gasteiger partial charge in [0, 0.05) is 19.4 Å². The third-order valence-corrected chi connectivity index (χ3v) is 2.49. The lowest BCUT2D eigenvalue weighted by Crippen LogP contribution is -1.90. The maximum Gasteiger partial charge on any atom is 0.113 e. The third kappa shape index (κ3) is 4.59. The number of rotatable bonds is 1. The first-order valence-corrected chi connectivity index (χ1v) is 6.62. The summed E-state index contributed by atoms with van der Waals surface area (Å²) >= 11 is 0.